The molecule has 3 aromatic rings. The molecule has 7 heteroatoms. The largest absolute Gasteiger partial charge is 0.332 e. The second-order valence-electron chi connectivity index (χ2n) is 7.72. The van der Waals surface area contributed by atoms with Crippen molar-refractivity contribution in [3.63, 3.8) is 0 Å². The van der Waals surface area contributed by atoms with Crippen LogP contribution in [0.2, 0.25) is 0 Å². The summed E-state index contributed by atoms with van der Waals surface area (Å²) in [6, 6.07) is 14.4. The van der Waals surface area contributed by atoms with Gasteiger partial charge in [-0.05, 0) is 37.2 Å². The van der Waals surface area contributed by atoms with Crippen molar-refractivity contribution in [3.8, 4) is 0 Å². The first-order valence-corrected chi connectivity index (χ1v) is 9.92. The van der Waals surface area contributed by atoms with E-state index in [0.717, 1.165) is 30.2 Å². The lowest BCUT2D eigenvalue weighted by Gasteiger charge is -2.33. The van der Waals surface area contributed by atoms with Crippen LogP contribution in [0.3, 0.4) is 0 Å². The quantitative estimate of drug-likeness (QED) is 0.646. The van der Waals surface area contributed by atoms with E-state index < -0.39 is 0 Å². The number of carbonyl (C=O) groups excluding carboxylic acids is 1. The SMILES string of the molecule is C[C@H]1CN(C(=O)CN(C)Cc2ccncc2)Cc2nnc(Cc3ccccc3)n21. The highest BCUT2D eigenvalue weighted by Gasteiger charge is 2.29. The maximum atomic E-state index is 12.9. The van der Waals surface area contributed by atoms with Crippen LogP contribution in [-0.4, -0.2) is 55.6 Å². The summed E-state index contributed by atoms with van der Waals surface area (Å²) in [4.78, 5) is 20.8. The molecule has 0 saturated carbocycles. The molecule has 0 aliphatic carbocycles. The summed E-state index contributed by atoms with van der Waals surface area (Å²) in [5.74, 6) is 1.94. The van der Waals surface area contributed by atoms with Crippen molar-refractivity contribution in [1.82, 2.24) is 29.5 Å². The molecule has 0 spiro atoms. The van der Waals surface area contributed by atoms with Crippen molar-refractivity contribution in [2.24, 2.45) is 0 Å². The van der Waals surface area contributed by atoms with E-state index in [1.165, 1.54) is 5.56 Å². The number of hydrogen-bond acceptors (Lipinski definition) is 5. The molecular formula is C22H26N6O. The molecule has 29 heavy (non-hydrogen) atoms. The standard InChI is InChI=1S/C22H26N6O/c1-17-13-27(22(29)16-26(2)14-19-8-10-23-11-9-19)15-21-25-24-20(28(17)21)12-18-6-4-3-5-7-18/h3-11,17H,12-16H2,1-2H3/t17-/m0/s1. The Hall–Kier alpha value is -3.06. The maximum Gasteiger partial charge on any atom is 0.237 e. The molecule has 0 bridgehead atoms. The average molecular weight is 390 g/mol. The van der Waals surface area contributed by atoms with E-state index in [9.17, 15) is 4.79 Å². The van der Waals surface area contributed by atoms with Crippen molar-refractivity contribution in [1.29, 1.82) is 0 Å². The normalized spacial score (nSPS) is 16.1. The van der Waals surface area contributed by atoms with Crippen LogP contribution >= 0.6 is 0 Å². The smallest absolute Gasteiger partial charge is 0.237 e. The molecule has 4 rings (SSSR count). The molecule has 0 N–H and O–H groups in total. The summed E-state index contributed by atoms with van der Waals surface area (Å²) in [5, 5.41) is 8.79. The molecule has 1 amide bonds. The molecule has 0 fully saturated rings. The van der Waals surface area contributed by atoms with Crippen LogP contribution in [0.1, 0.15) is 35.7 Å². The zero-order valence-electron chi connectivity index (χ0n) is 16.9. The van der Waals surface area contributed by atoms with Crippen molar-refractivity contribution < 1.29 is 4.79 Å². The molecule has 1 atom stereocenters. The third kappa shape index (κ3) is 4.51. The second kappa shape index (κ2) is 8.53. The van der Waals surface area contributed by atoms with E-state index in [1.807, 2.05) is 47.2 Å². The number of likely N-dealkylation sites (N-methyl/N-ethyl adjacent to an activating group) is 1. The zero-order valence-corrected chi connectivity index (χ0v) is 16.9. The summed E-state index contributed by atoms with van der Waals surface area (Å²) >= 11 is 0. The third-order valence-corrected chi connectivity index (χ3v) is 5.26. The first kappa shape index (κ1) is 19.3. The minimum absolute atomic E-state index is 0.118. The number of benzene rings is 1. The minimum Gasteiger partial charge on any atom is -0.332 e. The van der Waals surface area contributed by atoms with E-state index in [2.05, 4.69) is 38.8 Å². The maximum absolute atomic E-state index is 12.9. The number of fused-ring (bicyclic) bond motifs is 1. The number of rotatable bonds is 6. The molecule has 0 radical (unpaired) electrons. The minimum atomic E-state index is 0.118. The van der Waals surface area contributed by atoms with Gasteiger partial charge in [-0.25, -0.2) is 0 Å². The highest BCUT2D eigenvalue weighted by Crippen LogP contribution is 2.23. The number of nitrogens with zero attached hydrogens (tertiary/aromatic N) is 6. The predicted molar refractivity (Wildman–Crippen MR) is 110 cm³/mol. The van der Waals surface area contributed by atoms with Gasteiger partial charge in [-0.2, -0.15) is 0 Å². The summed E-state index contributed by atoms with van der Waals surface area (Å²) in [7, 11) is 1.96. The number of aromatic nitrogens is 4. The molecule has 1 aliphatic rings. The van der Waals surface area contributed by atoms with Gasteiger partial charge in [-0.1, -0.05) is 30.3 Å². The van der Waals surface area contributed by atoms with Crippen LogP contribution in [-0.2, 0) is 24.3 Å². The number of pyridine rings is 1. The highest BCUT2D eigenvalue weighted by molar-refractivity contribution is 5.78. The van der Waals surface area contributed by atoms with Crippen LogP contribution in [0.4, 0.5) is 0 Å². The van der Waals surface area contributed by atoms with E-state index in [-0.39, 0.29) is 11.9 Å². The summed E-state index contributed by atoms with van der Waals surface area (Å²) in [6.07, 6.45) is 4.30. The Morgan fingerprint density at radius 3 is 2.62 bits per heavy atom. The predicted octanol–water partition coefficient (Wildman–Crippen LogP) is 2.30. The van der Waals surface area contributed by atoms with Gasteiger partial charge in [0.15, 0.2) is 5.82 Å². The Labute approximate surface area is 171 Å². The summed E-state index contributed by atoms with van der Waals surface area (Å²) in [5.41, 5.74) is 2.36. The molecule has 1 aliphatic heterocycles. The van der Waals surface area contributed by atoms with Crippen LogP contribution in [0.15, 0.2) is 54.9 Å². The van der Waals surface area contributed by atoms with Gasteiger partial charge in [0.1, 0.15) is 5.82 Å². The molecule has 1 aromatic carbocycles. The first-order valence-electron chi connectivity index (χ1n) is 9.92. The first-order chi connectivity index (χ1) is 14.1. The van der Waals surface area contributed by atoms with Crippen LogP contribution in [0, 0.1) is 0 Å². The Kier molecular flexibility index (Phi) is 5.67. The molecule has 0 saturated heterocycles. The molecular weight excluding hydrogens is 364 g/mol. The highest BCUT2D eigenvalue weighted by atomic mass is 16.2. The Balaban J connectivity index is 1.40. The lowest BCUT2D eigenvalue weighted by Crippen LogP contribution is -2.44. The van der Waals surface area contributed by atoms with Gasteiger partial charge in [0, 0.05) is 31.9 Å². The van der Waals surface area contributed by atoms with E-state index in [1.54, 1.807) is 12.4 Å². The Bertz CT molecular complexity index is 956. The van der Waals surface area contributed by atoms with E-state index in [0.29, 0.717) is 19.6 Å². The van der Waals surface area contributed by atoms with Crippen molar-refractivity contribution in [2.75, 3.05) is 20.1 Å². The summed E-state index contributed by atoms with van der Waals surface area (Å²) < 4.78 is 2.19. The summed E-state index contributed by atoms with van der Waals surface area (Å²) in [6.45, 7) is 4.40. The average Bonchev–Trinajstić information content (AvgIpc) is 3.12. The van der Waals surface area contributed by atoms with Gasteiger partial charge in [0.05, 0.1) is 19.1 Å². The fourth-order valence-electron chi connectivity index (χ4n) is 3.89. The van der Waals surface area contributed by atoms with Crippen LogP contribution < -0.4 is 0 Å². The number of hydrogen-bond donors (Lipinski definition) is 0. The van der Waals surface area contributed by atoms with Gasteiger partial charge < -0.3 is 9.47 Å². The van der Waals surface area contributed by atoms with Gasteiger partial charge in [-0.3, -0.25) is 14.7 Å². The second-order valence-corrected chi connectivity index (χ2v) is 7.72. The fraction of sp³-hybridized carbons (Fsp3) is 0.364. The lowest BCUT2D eigenvalue weighted by atomic mass is 10.1. The number of amides is 1. The van der Waals surface area contributed by atoms with Gasteiger partial charge in [0.25, 0.3) is 0 Å². The zero-order chi connectivity index (χ0) is 20.2. The van der Waals surface area contributed by atoms with Crippen molar-refractivity contribution in [3.05, 3.63) is 77.6 Å². The van der Waals surface area contributed by atoms with Crippen LogP contribution in [0.25, 0.3) is 0 Å². The molecule has 3 heterocycles. The molecule has 150 valence electrons. The Morgan fingerprint density at radius 2 is 1.86 bits per heavy atom. The van der Waals surface area contributed by atoms with Gasteiger partial charge >= 0.3 is 0 Å². The van der Waals surface area contributed by atoms with Crippen molar-refractivity contribution >= 4 is 5.91 Å². The van der Waals surface area contributed by atoms with Gasteiger partial charge in [-0.15, -0.1) is 10.2 Å². The third-order valence-electron chi connectivity index (χ3n) is 5.26. The molecule has 0 unspecified atom stereocenters. The topological polar surface area (TPSA) is 67.2 Å². The molecule has 2 aromatic heterocycles. The monoisotopic (exact) mass is 390 g/mol. The fourth-order valence-corrected chi connectivity index (χ4v) is 3.89. The lowest BCUT2D eigenvalue weighted by molar-refractivity contribution is -0.134. The van der Waals surface area contributed by atoms with E-state index >= 15 is 0 Å². The molecule has 7 nitrogen and oxygen atoms in total. The van der Waals surface area contributed by atoms with E-state index in [4.69, 9.17) is 0 Å². The Morgan fingerprint density at radius 1 is 1.10 bits per heavy atom. The van der Waals surface area contributed by atoms with Gasteiger partial charge in [0.2, 0.25) is 5.91 Å². The number of carbonyl (C=O) groups is 1. The van der Waals surface area contributed by atoms with Crippen molar-refractivity contribution in [2.45, 2.75) is 32.5 Å². The van der Waals surface area contributed by atoms with Crippen LogP contribution in [0.5, 0.6) is 0 Å².